The molecule has 0 aromatic heterocycles. The molecule has 23 heavy (non-hydrogen) atoms. The number of carbonyl (C=O) groups excluding carboxylic acids is 2. The van der Waals surface area contributed by atoms with Gasteiger partial charge in [-0.2, -0.15) is 0 Å². The molecule has 2 aromatic rings. The lowest BCUT2D eigenvalue weighted by Gasteiger charge is -2.21. The molecular weight excluding hydrogens is 295 g/mol. The SMILES string of the molecule is CC(=O)N(CCC(=O)Nc1ccc(F)cc1)c1ccc(C)cc1. The topological polar surface area (TPSA) is 49.4 Å². The third-order valence-electron chi connectivity index (χ3n) is 3.42. The second-order valence-corrected chi connectivity index (χ2v) is 5.31. The summed E-state index contributed by atoms with van der Waals surface area (Å²) in [4.78, 5) is 25.3. The maximum atomic E-state index is 12.8. The quantitative estimate of drug-likeness (QED) is 0.918. The van der Waals surface area contributed by atoms with Crippen LogP contribution in [0.4, 0.5) is 15.8 Å². The lowest BCUT2D eigenvalue weighted by Crippen LogP contribution is -2.31. The molecule has 0 aliphatic rings. The number of nitrogens with zero attached hydrogens (tertiary/aromatic N) is 1. The number of amides is 2. The van der Waals surface area contributed by atoms with Crippen LogP contribution in [0.3, 0.4) is 0 Å². The number of benzene rings is 2. The molecule has 2 amide bonds. The summed E-state index contributed by atoms with van der Waals surface area (Å²) in [5.74, 6) is -0.705. The molecule has 4 nitrogen and oxygen atoms in total. The van der Waals surface area contributed by atoms with Gasteiger partial charge in [0.2, 0.25) is 11.8 Å². The van der Waals surface area contributed by atoms with Gasteiger partial charge < -0.3 is 10.2 Å². The molecule has 0 aliphatic carbocycles. The molecule has 5 heteroatoms. The Kier molecular flexibility index (Phi) is 5.46. The third-order valence-corrected chi connectivity index (χ3v) is 3.42. The minimum atomic E-state index is -0.356. The van der Waals surface area contributed by atoms with E-state index in [9.17, 15) is 14.0 Å². The van der Waals surface area contributed by atoms with Crippen LogP contribution in [0, 0.1) is 12.7 Å². The molecule has 120 valence electrons. The van der Waals surface area contributed by atoms with Gasteiger partial charge in [0.25, 0.3) is 0 Å². The molecule has 0 unspecified atom stereocenters. The Balaban J connectivity index is 1.95. The number of halogens is 1. The summed E-state index contributed by atoms with van der Waals surface area (Å²) in [6, 6.07) is 13.1. The van der Waals surface area contributed by atoms with Gasteiger partial charge in [-0.1, -0.05) is 17.7 Å². The highest BCUT2D eigenvalue weighted by Gasteiger charge is 2.13. The van der Waals surface area contributed by atoms with Gasteiger partial charge in [0, 0.05) is 31.3 Å². The molecule has 0 heterocycles. The number of rotatable bonds is 5. The fourth-order valence-corrected chi connectivity index (χ4v) is 2.16. The van der Waals surface area contributed by atoms with Crippen molar-refractivity contribution in [1.29, 1.82) is 0 Å². The Bertz CT molecular complexity index is 681. The van der Waals surface area contributed by atoms with Crippen molar-refractivity contribution >= 4 is 23.2 Å². The second-order valence-electron chi connectivity index (χ2n) is 5.31. The molecule has 0 radical (unpaired) electrons. The first-order valence-corrected chi connectivity index (χ1v) is 7.36. The highest BCUT2D eigenvalue weighted by atomic mass is 19.1. The first kappa shape index (κ1) is 16.7. The molecule has 2 rings (SSSR count). The van der Waals surface area contributed by atoms with E-state index in [0.717, 1.165) is 11.3 Å². The monoisotopic (exact) mass is 314 g/mol. The molecule has 0 atom stereocenters. The van der Waals surface area contributed by atoms with Crippen LogP contribution in [-0.4, -0.2) is 18.4 Å². The minimum absolute atomic E-state index is 0.122. The fourth-order valence-electron chi connectivity index (χ4n) is 2.16. The normalized spacial score (nSPS) is 10.2. The van der Waals surface area contributed by atoms with Gasteiger partial charge in [0.15, 0.2) is 0 Å². The van der Waals surface area contributed by atoms with Gasteiger partial charge >= 0.3 is 0 Å². The van der Waals surface area contributed by atoms with Gasteiger partial charge in [-0.3, -0.25) is 9.59 Å². The van der Waals surface area contributed by atoms with E-state index in [-0.39, 0.29) is 30.6 Å². The maximum Gasteiger partial charge on any atom is 0.226 e. The van der Waals surface area contributed by atoms with Crippen molar-refractivity contribution in [1.82, 2.24) is 0 Å². The summed E-state index contributed by atoms with van der Waals surface area (Å²) >= 11 is 0. The average Bonchev–Trinajstić information content (AvgIpc) is 2.51. The van der Waals surface area contributed by atoms with Gasteiger partial charge in [0.05, 0.1) is 0 Å². The number of nitrogens with one attached hydrogen (secondary N) is 1. The van der Waals surface area contributed by atoms with E-state index in [4.69, 9.17) is 0 Å². The van der Waals surface area contributed by atoms with E-state index in [1.165, 1.54) is 31.2 Å². The van der Waals surface area contributed by atoms with Crippen molar-refractivity contribution in [3.05, 3.63) is 59.9 Å². The first-order chi connectivity index (χ1) is 11.0. The van der Waals surface area contributed by atoms with Crippen LogP contribution >= 0.6 is 0 Å². The maximum absolute atomic E-state index is 12.8. The van der Waals surface area contributed by atoms with Crippen molar-refractivity contribution in [3.63, 3.8) is 0 Å². The standard InChI is InChI=1S/C18H19FN2O2/c1-13-3-9-17(10-4-13)21(14(2)22)12-11-18(23)20-16-7-5-15(19)6-8-16/h3-10H,11-12H2,1-2H3,(H,20,23). The average molecular weight is 314 g/mol. The molecule has 0 saturated heterocycles. The van der Waals surface area contributed by atoms with Crippen molar-refractivity contribution in [2.45, 2.75) is 20.3 Å². The smallest absolute Gasteiger partial charge is 0.226 e. The van der Waals surface area contributed by atoms with Gasteiger partial charge in [-0.05, 0) is 43.3 Å². The van der Waals surface area contributed by atoms with Gasteiger partial charge in [-0.15, -0.1) is 0 Å². The highest BCUT2D eigenvalue weighted by molar-refractivity contribution is 5.94. The zero-order valence-electron chi connectivity index (χ0n) is 13.2. The summed E-state index contributed by atoms with van der Waals surface area (Å²) in [5, 5.41) is 2.68. The van der Waals surface area contributed by atoms with Crippen LogP contribution in [0.25, 0.3) is 0 Å². The Morgan fingerprint density at radius 2 is 1.65 bits per heavy atom. The third kappa shape index (κ3) is 4.92. The van der Waals surface area contributed by atoms with Crippen molar-refractivity contribution < 1.29 is 14.0 Å². The lowest BCUT2D eigenvalue weighted by molar-refractivity contribution is -0.117. The number of carbonyl (C=O) groups is 2. The number of hydrogen-bond donors (Lipinski definition) is 1. The summed E-state index contributed by atoms with van der Waals surface area (Å²) in [6.45, 7) is 3.72. The van der Waals surface area contributed by atoms with Crippen molar-refractivity contribution in [3.8, 4) is 0 Å². The van der Waals surface area contributed by atoms with E-state index in [0.29, 0.717) is 5.69 Å². The van der Waals surface area contributed by atoms with Crippen LogP contribution in [0.2, 0.25) is 0 Å². The highest BCUT2D eigenvalue weighted by Crippen LogP contribution is 2.16. The number of anilines is 2. The van der Waals surface area contributed by atoms with Crippen LogP contribution in [0.1, 0.15) is 18.9 Å². The second kappa shape index (κ2) is 7.54. The van der Waals surface area contributed by atoms with E-state index < -0.39 is 0 Å². The van der Waals surface area contributed by atoms with Gasteiger partial charge in [-0.25, -0.2) is 4.39 Å². The fraction of sp³-hybridized carbons (Fsp3) is 0.222. The first-order valence-electron chi connectivity index (χ1n) is 7.36. The summed E-state index contributed by atoms with van der Waals surface area (Å²) in [7, 11) is 0. The van der Waals surface area contributed by atoms with E-state index in [2.05, 4.69) is 5.32 Å². The van der Waals surface area contributed by atoms with Gasteiger partial charge in [0.1, 0.15) is 5.82 Å². The van der Waals surface area contributed by atoms with Crippen molar-refractivity contribution in [2.75, 3.05) is 16.8 Å². The number of aryl methyl sites for hydroxylation is 1. The molecular formula is C18H19FN2O2. The molecule has 0 spiro atoms. The Morgan fingerprint density at radius 3 is 2.22 bits per heavy atom. The summed E-state index contributed by atoms with van der Waals surface area (Å²) in [5.41, 5.74) is 2.39. The van der Waals surface area contributed by atoms with Crippen molar-refractivity contribution in [2.24, 2.45) is 0 Å². The summed E-state index contributed by atoms with van der Waals surface area (Å²) < 4.78 is 12.8. The number of hydrogen-bond acceptors (Lipinski definition) is 2. The molecule has 0 bridgehead atoms. The van der Waals surface area contributed by atoms with Crippen LogP contribution < -0.4 is 10.2 Å². The molecule has 1 N–H and O–H groups in total. The van der Waals surface area contributed by atoms with Crippen LogP contribution in [0.5, 0.6) is 0 Å². The molecule has 2 aromatic carbocycles. The van der Waals surface area contributed by atoms with E-state index in [1.54, 1.807) is 4.90 Å². The predicted octanol–water partition coefficient (Wildman–Crippen LogP) is 3.52. The Labute approximate surface area is 134 Å². The molecule has 0 saturated carbocycles. The predicted molar refractivity (Wildman–Crippen MR) is 88.9 cm³/mol. The van der Waals surface area contributed by atoms with E-state index in [1.807, 2.05) is 31.2 Å². The zero-order chi connectivity index (χ0) is 16.8. The Hall–Kier alpha value is -2.69. The minimum Gasteiger partial charge on any atom is -0.326 e. The lowest BCUT2D eigenvalue weighted by atomic mass is 10.2. The zero-order valence-corrected chi connectivity index (χ0v) is 13.2. The molecule has 0 aliphatic heterocycles. The largest absolute Gasteiger partial charge is 0.326 e. The van der Waals surface area contributed by atoms with E-state index >= 15 is 0 Å². The Morgan fingerprint density at radius 1 is 1.04 bits per heavy atom. The molecule has 0 fully saturated rings. The summed E-state index contributed by atoms with van der Waals surface area (Å²) in [6.07, 6.45) is 0.158. The van der Waals surface area contributed by atoms with Crippen LogP contribution in [-0.2, 0) is 9.59 Å². The van der Waals surface area contributed by atoms with Crippen LogP contribution in [0.15, 0.2) is 48.5 Å².